The molecule has 0 fully saturated rings. The highest BCUT2D eigenvalue weighted by Gasteiger charge is 2.22. The molecule has 0 aliphatic heterocycles. The fraction of sp³-hybridized carbons (Fsp3) is 0.667. The molecule has 0 aliphatic carbocycles. The van der Waals surface area contributed by atoms with Crippen LogP contribution in [-0.2, 0) is 16.6 Å². The SMILES string of the molecule is CC(C)(C)c1nc(CCOCC(F)F)nc(Cl)c1I. The van der Waals surface area contributed by atoms with Gasteiger partial charge in [0.2, 0.25) is 0 Å². The predicted octanol–water partition coefficient (Wildman–Crippen LogP) is 3.86. The average molecular weight is 405 g/mol. The van der Waals surface area contributed by atoms with E-state index in [1.54, 1.807) is 0 Å². The third-order valence-corrected chi connectivity index (χ3v) is 3.90. The van der Waals surface area contributed by atoms with Crippen molar-refractivity contribution in [1.82, 2.24) is 9.97 Å². The zero-order chi connectivity index (χ0) is 14.6. The lowest BCUT2D eigenvalue weighted by molar-refractivity contribution is 0.0182. The number of hydrogen-bond acceptors (Lipinski definition) is 3. The summed E-state index contributed by atoms with van der Waals surface area (Å²) in [6.45, 7) is 5.69. The lowest BCUT2D eigenvalue weighted by Crippen LogP contribution is -2.19. The van der Waals surface area contributed by atoms with E-state index in [-0.39, 0.29) is 12.0 Å². The first kappa shape index (κ1) is 17.0. The van der Waals surface area contributed by atoms with Gasteiger partial charge in [0.15, 0.2) is 0 Å². The molecule has 1 heterocycles. The fourth-order valence-electron chi connectivity index (χ4n) is 1.41. The molecule has 1 aromatic heterocycles. The minimum Gasteiger partial charge on any atom is -0.375 e. The number of nitrogens with zero attached hydrogens (tertiary/aromatic N) is 2. The van der Waals surface area contributed by atoms with Gasteiger partial charge in [-0.25, -0.2) is 18.7 Å². The summed E-state index contributed by atoms with van der Waals surface area (Å²) in [4.78, 5) is 8.59. The molecule has 0 aromatic carbocycles. The molecular formula is C12H16ClF2IN2O. The summed E-state index contributed by atoms with van der Waals surface area (Å²) in [6, 6.07) is 0. The summed E-state index contributed by atoms with van der Waals surface area (Å²) in [5, 5.41) is 0.393. The average Bonchev–Trinajstić information content (AvgIpc) is 2.27. The molecule has 3 nitrogen and oxygen atoms in total. The Balaban J connectivity index is 2.78. The topological polar surface area (TPSA) is 35.0 Å². The zero-order valence-corrected chi connectivity index (χ0v) is 13.9. The number of rotatable bonds is 5. The highest BCUT2D eigenvalue weighted by atomic mass is 127. The maximum Gasteiger partial charge on any atom is 0.261 e. The van der Waals surface area contributed by atoms with Crippen LogP contribution in [0.25, 0.3) is 0 Å². The van der Waals surface area contributed by atoms with Crippen LogP contribution in [0.15, 0.2) is 0 Å². The second kappa shape index (κ2) is 7.08. The van der Waals surface area contributed by atoms with Crippen LogP contribution in [0.3, 0.4) is 0 Å². The largest absolute Gasteiger partial charge is 0.375 e. The van der Waals surface area contributed by atoms with Crippen LogP contribution >= 0.6 is 34.2 Å². The molecule has 0 bridgehead atoms. The van der Waals surface area contributed by atoms with E-state index < -0.39 is 13.0 Å². The van der Waals surface area contributed by atoms with Crippen molar-refractivity contribution in [1.29, 1.82) is 0 Å². The highest BCUT2D eigenvalue weighted by molar-refractivity contribution is 14.1. The normalized spacial score (nSPS) is 12.2. The molecule has 0 radical (unpaired) electrons. The number of hydrogen-bond donors (Lipinski definition) is 0. The van der Waals surface area contributed by atoms with Gasteiger partial charge in [0.1, 0.15) is 17.6 Å². The smallest absolute Gasteiger partial charge is 0.261 e. The number of ether oxygens (including phenoxy) is 1. The summed E-state index contributed by atoms with van der Waals surface area (Å²) < 4.78 is 29.5. The third kappa shape index (κ3) is 5.43. The standard InChI is InChI=1S/C12H16ClF2IN2O/c1-12(2,3)10-9(16)11(13)18-8(17-10)4-5-19-6-7(14)15/h7H,4-6H2,1-3H3. The number of aromatic nitrogens is 2. The monoisotopic (exact) mass is 404 g/mol. The molecule has 0 saturated heterocycles. The Morgan fingerprint density at radius 1 is 1.32 bits per heavy atom. The lowest BCUT2D eigenvalue weighted by Gasteiger charge is -2.20. The van der Waals surface area contributed by atoms with Crippen molar-refractivity contribution in [3.8, 4) is 0 Å². The molecule has 108 valence electrons. The van der Waals surface area contributed by atoms with E-state index in [1.807, 2.05) is 20.8 Å². The first-order valence-corrected chi connectivity index (χ1v) is 7.25. The molecular weight excluding hydrogens is 388 g/mol. The Hall–Kier alpha value is -0.0800. The van der Waals surface area contributed by atoms with Crippen LogP contribution < -0.4 is 0 Å². The van der Waals surface area contributed by atoms with Crippen molar-refractivity contribution in [3.63, 3.8) is 0 Å². The van der Waals surface area contributed by atoms with E-state index in [0.29, 0.717) is 17.4 Å². The van der Waals surface area contributed by atoms with Gasteiger partial charge in [0, 0.05) is 11.8 Å². The Morgan fingerprint density at radius 2 is 1.95 bits per heavy atom. The highest BCUT2D eigenvalue weighted by Crippen LogP contribution is 2.29. The van der Waals surface area contributed by atoms with E-state index in [2.05, 4.69) is 32.6 Å². The van der Waals surface area contributed by atoms with Crippen LogP contribution in [0.2, 0.25) is 5.15 Å². The minimum atomic E-state index is -2.45. The van der Waals surface area contributed by atoms with Gasteiger partial charge in [-0.3, -0.25) is 0 Å². The quantitative estimate of drug-likeness (QED) is 0.425. The van der Waals surface area contributed by atoms with Crippen LogP contribution in [0.5, 0.6) is 0 Å². The molecule has 0 spiro atoms. The summed E-state index contributed by atoms with van der Waals surface area (Å²) in [5.74, 6) is 0.518. The van der Waals surface area contributed by atoms with Gasteiger partial charge in [0.25, 0.3) is 6.43 Å². The second-order valence-corrected chi connectivity index (χ2v) is 6.50. The third-order valence-electron chi connectivity index (χ3n) is 2.28. The maximum atomic E-state index is 11.9. The van der Waals surface area contributed by atoms with E-state index >= 15 is 0 Å². The number of alkyl halides is 2. The van der Waals surface area contributed by atoms with Crippen molar-refractivity contribution in [2.24, 2.45) is 0 Å². The molecule has 7 heteroatoms. The molecule has 1 aromatic rings. The van der Waals surface area contributed by atoms with Gasteiger partial charge in [-0.15, -0.1) is 0 Å². The van der Waals surface area contributed by atoms with Gasteiger partial charge in [-0.05, 0) is 22.6 Å². The fourth-order valence-corrected chi connectivity index (χ4v) is 2.65. The molecule has 0 amide bonds. The van der Waals surface area contributed by atoms with Gasteiger partial charge in [-0.1, -0.05) is 32.4 Å². The Kier molecular flexibility index (Phi) is 6.32. The van der Waals surface area contributed by atoms with Crippen molar-refractivity contribution in [2.45, 2.75) is 39.0 Å². The van der Waals surface area contributed by atoms with E-state index in [9.17, 15) is 8.78 Å². The van der Waals surface area contributed by atoms with Crippen molar-refractivity contribution in [3.05, 3.63) is 20.2 Å². The van der Waals surface area contributed by atoms with Gasteiger partial charge >= 0.3 is 0 Å². The van der Waals surface area contributed by atoms with E-state index in [1.165, 1.54) is 0 Å². The van der Waals surface area contributed by atoms with Crippen molar-refractivity contribution >= 4 is 34.2 Å². The summed E-state index contributed by atoms with van der Waals surface area (Å²) in [7, 11) is 0. The van der Waals surface area contributed by atoms with Crippen LogP contribution in [0, 0.1) is 3.57 Å². The molecule has 0 saturated carbocycles. The Labute approximate surface area is 130 Å². The first-order valence-electron chi connectivity index (χ1n) is 5.80. The Morgan fingerprint density at radius 3 is 2.47 bits per heavy atom. The second-order valence-electron chi connectivity index (χ2n) is 5.06. The van der Waals surface area contributed by atoms with Gasteiger partial charge < -0.3 is 4.74 Å². The van der Waals surface area contributed by atoms with E-state index in [4.69, 9.17) is 16.3 Å². The lowest BCUT2D eigenvalue weighted by atomic mass is 9.92. The summed E-state index contributed by atoms with van der Waals surface area (Å²) >= 11 is 8.18. The number of halogens is 4. The van der Waals surface area contributed by atoms with Crippen molar-refractivity contribution in [2.75, 3.05) is 13.2 Å². The summed E-state index contributed by atoms with van der Waals surface area (Å²) in [6.07, 6.45) is -2.08. The minimum absolute atomic E-state index is 0.151. The molecule has 0 aliphatic rings. The molecule has 1 rings (SSSR count). The van der Waals surface area contributed by atoms with Crippen LogP contribution in [0.4, 0.5) is 8.78 Å². The zero-order valence-electron chi connectivity index (χ0n) is 11.0. The predicted molar refractivity (Wildman–Crippen MR) is 79.0 cm³/mol. The Bertz CT molecular complexity index is 438. The first-order chi connectivity index (χ1) is 8.71. The molecule has 19 heavy (non-hydrogen) atoms. The van der Waals surface area contributed by atoms with Gasteiger partial charge in [0.05, 0.1) is 15.9 Å². The van der Waals surface area contributed by atoms with Crippen molar-refractivity contribution < 1.29 is 13.5 Å². The maximum absolute atomic E-state index is 11.9. The van der Waals surface area contributed by atoms with E-state index in [0.717, 1.165) is 9.26 Å². The molecule has 0 N–H and O–H groups in total. The van der Waals surface area contributed by atoms with Gasteiger partial charge in [-0.2, -0.15) is 0 Å². The van der Waals surface area contributed by atoms with Crippen LogP contribution in [0.1, 0.15) is 32.3 Å². The molecule has 0 atom stereocenters. The molecule has 0 unspecified atom stereocenters. The van der Waals surface area contributed by atoms with Crippen LogP contribution in [-0.4, -0.2) is 29.6 Å². The summed E-state index contributed by atoms with van der Waals surface area (Å²) in [5.41, 5.74) is 0.707.